The molecule has 57 heavy (non-hydrogen) atoms. The van der Waals surface area contributed by atoms with Crippen molar-refractivity contribution in [2.75, 3.05) is 13.2 Å². The van der Waals surface area contributed by atoms with Crippen LogP contribution in [0.4, 0.5) is 0 Å². The first-order chi connectivity index (χ1) is 27.9. The van der Waals surface area contributed by atoms with Crippen LogP contribution in [-0.2, 0) is 28.6 Å². The molecule has 0 amide bonds. The molecular formula is C51H98O6. The van der Waals surface area contributed by atoms with Gasteiger partial charge in [-0.25, -0.2) is 0 Å². The van der Waals surface area contributed by atoms with Gasteiger partial charge in [0.1, 0.15) is 13.2 Å². The monoisotopic (exact) mass is 807 g/mol. The van der Waals surface area contributed by atoms with E-state index in [4.69, 9.17) is 14.2 Å². The van der Waals surface area contributed by atoms with Crippen molar-refractivity contribution in [3.8, 4) is 0 Å². The molecule has 0 bridgehead atoms. The third kappa shape index (κ3) is 43.8. The van der Waals surface area contributed by atoms with E-state index in [0.29, 0.717) is 19.3 Å². The van der Waals surface area contributed by atoms with Crippen LogP contribution in [-0.4, -0.2) is 37.2 Å². The number of esters is 3. The quantitative estimate of drug-likeness (QED) is 0.0346. The van der Waals surface area contributed by atoms with E-state index in [2.05, 4.69) is 27.7 Å². The fourth-order valence-corrected chi connectivity index (χ4v) is 7.66. The van der Waals surface area contributed by atoms with E-state index in [1.54, 1.807) is 0 Å². The summed E-state index contributed by atoms with van der Waals surface area (Å²) >= 11 is 0. The van der Waals surface area contributed by atoms with Crippen molar-refractivity contribution in [3.63, 3.8) is 0 Å². The summed E-state index contributed by atoms with van der Waals surface area (Å²) in [6.07, 6.45) is 46.5. The first-order valence-corrected chi connectivity index (χ1v) is 25.4. The van der Waals surface area contributed by atoms with Crippen LogP contribution in [0.1, 0.15) is 285 Å². The lowest BCUT2D eigenvalue weighted by Crippen LogP contribution is -2.30. The van der Waals surface area contributed by atoms with Crippen LogP contribution in [0.25, 0.3) is 0 Å². The molecule has 6 nitrogen and oxygen atoms in total. The fourth-order valence-electron chi connectivity index (χ4n) is 7.66. The topological polar surface area (TPSA) is 78.9 Å². The molecule has 0 aromatic carbocycles. The molecule has 0 aromatic heterocycles. The van der Waals surface area contributed by atoms with Gasteiger partial charge in [-0.05, 0) is 25.2 Å². The standard InChI is InChI=1S/C51H98O6/c1-5-8-10-12-14-16-18-19-20-21-22-23-24-26-31-35-39-43-50(53)56-46-48(45-55-49(52)42-38-34-30-25-17-15-13-11-9-6-2)57-51(54)44-40-36-32-28-27-29-33-37-41-47(4)7-3/h47-48H,5-46H2,1-4H3/t47?,48-/m1/s1. The van der Waals surface area contributed by atoms with Crippen molar-refractivity contribution in [3.05, 3.63) is 0 Å². The van der Waals surface area contributed by atoms with E-state index < -0.39 is 6.10 Å². The van der Waals surface area contributed by atoms with Crippen molar-refractivity contribution in [2.45, 2.75) is 291 Å². The van der Waals surface area contributed by atoms with Crippen LogP contribution in [0.15, 0.2) is 0 Å². The molecule has 0 saturated carbocycles. The van der Waals surface area contributed by atoms with E-state index in [1.165, 1.54) is 180 Å². The highest BCUT2D eigenvalue weighted by Gasteiger charge is 2.19. The molecule has 0 aliphatic heterocycles. The Morgan fingerprint density at radius 3 is 0.912 bits per heavy atom. The third-order valence-corrected chi connectivity index (χ3v) is 11.9. The van der Waals surface area contributed by atoms with Gasteiger partial charge in [0, 0.05) is 19.3 Å². The maximum atomic E-state index is 12.7. The highest BCUT2D eigenvalue weighted by atomic mass is 16.6. The molecule has 1 unspecified atom stereocenters. The zero-order valence-electron chi connectivity index (χ0n) is 38.8. The van der Waals surface area contributed by atoms with Gasteiger partial charge in [0.15, 0.2) is 6.10 Å². The Kier molecular flexibility index (Phi) is 44.2. The number of ether oxygens (including phenoxy) is 3. The van der Waals surface area contributed by atoms with Crippen LogP contribution in [0.2, 0.25) is 0 Å². The maximum absolute atomic E-state index is 12.7. The normalized spacial score (nSPS) is 12.4. The zero-order valence-corrected chi connectivity index (χ0v) is 38.8. The average Bonchev–Trinajstić information content (AvgIpc) is 3.21. The summed E-state index contributed by atoms with van der Waals surface area (Å²) < 4.78 is 16.8. The van der Waals surface area contributed by atoms with Crippen LogP contribution < -0.4 is 0 Å². The molecule has 338 valence electrons. The Morgan fingerprint density at radius 2 is 0.614 bits per heavy atom. The van der Waals surface area contributed by atoms with E-state index >= 15 is 0 Å². The number of hydrogen-bond acceptors (Lipinski definition) is 6. The van der Waals surface area contributed by atoms with Gasteiger partial charge in [-0.2, -0.15) is 0 Å². The van der Waals surface area contributed by atoms with Gasteiger partial charge >= 0.3 is 17.9 Å². The summed E-state index contributed by atoms with van der Waals surface area (Å²) in [5.41, 5.74) is 0. The highest BCUT2D eigenvalue weighted by molar-refractivity contribution is 5.71. The van der Waals surface area contributed by atoms with Crippen LogP contribution in [0, 0.1) is 5.92 Å². The van der Waals surface area contributed by atoms with Crippen molar-refractivity contribution in [1.82, 2.24) is 0 Å². The van der Waals surface area contributed by atoms with Gasteiger partial charge in [0.05, 0.1) is 0 Å². The highest BCUT2D eigenvalue weighted by Crippen LogP contribution is 2.17. The second-order valence-corrected chi connectivity index (χ2v) is 17.7. The zero-order chi connectivity index (χ0) is 41.7. The number of rotatable bonds is 46. The van der Waals surface area contributed by atoms with E-state index in [0.717, 1.165) is 63.7 Å². The molecule has 0 saturated heterocycles. The summed E-state index contributed by atoms with van der Waals surface area (Å²) in [5, 5.41) is 0. The van der Waals surface area contributed by atoms with E-state index in [9.17, 15) is 14.4 Å². The SMILES string of the molecule is CCCCCCCCCCCCCCCCCCCC(=O)OC[C@@H](COC(=O)CCCCCCCCCCCC)OC(=O)CCCCCCCCCCC(C)CC. The van der Waals surface area contributed by atoms with Crippen LogP contribution in [0.3, 0.4) is 0 Å². The van der Waals surface area contributed by atoms with Gasteiger partial charge in [-0.1, -0.05) is 246 Å². The second kappa shape index (κ2) is 45.5. The van der Waals surface area contributed by atoms with Crippen LogP contribution >= 0.6 is 0 Å². The maximum Gasteiger partial charge on any atom is 0.306 e. The summed E-state index contributed by atoms with van der Waals surface area (Å²) in [6.45, 7) is 9.01. The lowest BCUT2D eigenvalue weighted by Gasteiger charge is -2.18. The smallest absolute Gasteiger partial charge is 0.306 e. The predicted octanol–water partition coefficient (Wildman–Crippen LogP) is 16.3. The van der Waals surface area contributed by atoms with Gasteiger partial charge in [-0.3, -0.25) is 14.4 Å². The van der Waals surface area contributed by atoms with Crippen molar-refractivity contribution < 1.29 is 28.6 Å². The predicted molar refractivity (Wildman–Crippen MR) is 243 cm³/mol. The molecule has 0 fully saturated rings. The van der Waals surface area contributed by atoms with Gasteiger partial charge in [0.2, 0.25) is 0 Å². The van der Waals surface area contributed by atoms with Gasteiger partial charge < -0.3 is 14.2 Å². The molecule has 0 aromatic rings. The molecule has 0 aliphatic carbocycles. The number of unbranched alkanes of at least 4 members (excludes halogenated alkanes) is 32. The first-order valence-electron chi connectivity index (χ1n) is 25.4. The van der Waals surface area contributed by atoms with Gasteiger partial charge in [0.25, 0.3) is 0 Å². The lowest BCUT2D eigenvalue weighted by molar-refractivity contribution is -0.167. The minimum Gasteiger partial charge on any atom is -0.462 e. The van der Waals surface area contributed by atoms with Gasteiger partial charge in [-0.15, -0.1) is 0 Å². The first kappa shape index (κ1) is 55.4. The average molecular weight is 807 g/mol. The Morgan fingerprint density at radius 1 is 0.351 bits per heavy atom. The van der Waals surface area contributed by atoms with E-state index in [1.807, 2.05) is 0 Å². The molecular weight excluding hydrogens is 709 g/mol. The molecule has 0 rings (SSSR count). The Balaban J connectivity index is 4.27. The lowest BCUT2D eigenvalue weighted by atomic mass is 9.99. The third-order valence-electron chi connectivity index (χ3n) is 11.9. The minimum atomic E-state index is -0.760. The molecule has 0 aliphatic rings. The largest absolute Gasteiger partial charge is 0.462 e. The molecule has 6 heteroatoms. The summed E-state index contributed by atoms with van der Waals surface area (Å²) in [7, 11) is 0. The summed E-state index contributed by atoms with van der Waals surface area (Å²) in [6, 6.07) is 0. The molecule has 0 N–H and O–H groups in total. The molecule has 0 spiro atoms. The Bertz CT molecular complexity index is 859. The molecule has 0 heterocycles. The summed E-state index contributed by atoms with van der Waals surface area (Å²) in [5.74, 6) is -0.00450. The van der Waals surface area contributed by atoms with E-state index in [-0.39, 0.29) is 31.1 Å². The van der Waals surface area contributed by atoms with Crippen LogP contribution in [0.5, 0.6) is 0 Å². The Hall–Kier alpha value is -1.59. The van der Waals surface area contributed by atoms with Crippen molar-refractivity contribution in [2.24, 2.45) is 5.92 Å². The number of carbonyl (C=O) groups is 3. The number of hydrogen-bond donors (Lipinski definition) is 0. The molecule has 0 radical (unpaired) electrons. The summed E-state index contributed by atoms with van der Waals surface area (Å²) in [4.78, 5) is 37.8. The fraction of sp³-hybridized carbons (Fsp3) is 0.941. The Labute approximate surface area is 355 Å². The van der Waals surface area contributed by atoms with Crippen molar-refractivity contribution >= 4 is 17.9 Å². The molecule has 2 atom stereocenters. The second-order valence-electron chi connectivity index (χ2n) is 17.7. The minimum absolute atomic E-state index is 0.0634. The number of carbonyl (C=O) groups excluding carboxylic acids is 3. The van der Waals surface area contributed by atoms with Crippen molar-refractivity contribution in [1.29, 1.82) is 0 Å².